The van der Waals surface area contributed by atoms with E-state index in [1.165, 1.54) is 55.1 Å². The molecule has 98 valence electrons. The third-order valence-electron chi connectivity index (χ3n) is 4.63. The lowest BCUT2D eigenvalue weighted by Crippen LogP contribution is -2.34. The molecule has 1 nitrogen and oxygen atoms in total. The summed E-state index contributed by atoms with van der Waals surface area (Å²) in [5, 5.41) is 0. The van der Waals surface area contributed by atoms with Gasteiger partial charge in [-0.3, -0.25) is 4.90 Å². The molecule has 0 amide bonds. The predicted molar refractivity (Wildman–Crippen MR) is 79.5 cm³/mol. The first kappa shape index (κ1) is 12.7. The van der Waals surface area contributed by atoms with E-state index < -0.39 is 0 Å². The summed E-state index contributed by atoms with van der Waals surface area (Å²) in [6, 6.07) is 9.66. The Hall–Kier alpha value is -0.340. The van der Waals surface area contributed by atoms with Crippen LogP contribution in [0.1, 0.15) is 44.1 Å². The Morgan fingerprint density at radius 2 is 1.94 bits per heavy atom. The van der Waals surface area contributed by atoms with Gasteiger partial charge in [0, 0.05) is 17.1 Å². The van der Waals surface area contributed by atoms with Crippen molar-refractivity contribution in [3.8, 4) is 0 Å². The number of hydrogen-bond acceptors (Lipinski definition) is 1. The highest BCUT2D eigenvalue weighted by Crippen LogP contribution is 2.36. The van der Waals surface area contributed by atoms with Gasteiger partial charge in [0.25, 0.3) is 0 Å². The van der Waals surface area contributed by atoms with Crippen molar-refractivity contribution in [3.63, 3.8) is 0 Å². The molecular formula is C16H22BrN. The molecule has 0 N–H and O–H groups in total. The van der Waals surface area contributed by atoms with Crippen molar-refractivity contribution in [3.05, 3.63) is 34.3 Å². The van der Waals surface area contributed by atoms with Gasteiger partial charge in [0.15, 0.2) is 0 Å². The second kappa shape index (κ2) is 5.75. The Balaban J connectivity index is 1.67. The minimum atomic E-state index is 0.867. The number of nitrogens with zero attached hydrogens (tertiary/aromatic N) is 1. The van der Waals surface area contributed by atoms with Gasteiger partial charge in [0.05, 0.1) is 0 Å². The minimum Gasteiger partial charge on any atom is -0.296 e. The summed E-state index contributed by atoms with van der Waals surface area (Å²) in [6.45, 7) is 2.44. The van der Waals surface area contributed by atoms with Crippen LogP contribution < -0.4 is 0 Å². The standard InChI is InChI=1S/C16H22BrN/c17-15-8-3-5-13(11-15)12-18-10-4-9-16(18)14-6-1-2-7-14/h3,5,8,11,14,16H,1-2,4,6-7,9-10,12H2. The largest absolute Gasteiger partial charge is 0.296 e. The van der Waals surface area contributed by atoms with Gasteiger partial charge in [-0.05, 0) is 55.8 Å². The van der Waals surface area contributed by atoms with E-state index in [-0.39, 0.29) is 0 Å². The van der Waals surface area contributed by atoms with Crippen LogP contribution in [0.4, 0.5) is 0 Å². The van der Waals surface area contributed by atoms with E-state index in [0.29, 0.717) is 0 Å². The zero-order valence-electron chi connectivity index (χ0n) is 10.9. The van der Waals surface area contributed by atoms with Gasteiger partial charge in [-0.1, -0.05) is 40.9 Å². The minimum absolute atomic E-state index is 0.867. The van der Waals surface area contributed by atoms with Crippen molar-refractivity contribution in [1.29, 1.82) is 0 Å². The summed E-state index contributed by atoms with van der Waals surface area (Å²) < 4.78 is 1.21. The molecule has 1 aliphatic heterocycles. The monoisotopic (exact) mass is 307 g/mol. The average Bonchev–Trinajstić information content (AvgIpc) is 2.98. The molecule has 0 bridgehead atoms. The fraction of sp³-hybridized carbons (Fsp3) is 0.625. The number of hydrogen-bond donors (Lipinski definition) is 0. The molecule has 1 unspecified atom stereocenters. The Bertz CT molecular complexity index is 398. The Kier molecular flexibility index (Phi) is 4.05. The molecule has 18 heavy (non-hydrogen) atoms. The first-order valence-electron chi connectivity index (χ1n) is 7.31. The quantitative estimate of drug-likeness (QED) is 0.788. The predicted octanol–water partition coefficient (Wildman–Crippen LogP) is 4.60. The zero-order valence-corrected chi connectivity index (χ0v) is 12.5. The lowest BCUT2D eigenvalue weighted by Gasteiger charge is -2.29. The smallest absolute Gasteiger partial charge is 0.0237 e. The molecule has 2 fully saturated rings. The van der Waals surface area contributed by atoms with E-state index in [1.54, 1.807) is 0 Å². The number of likely N-dealkylation sites (tertiary alicyclic amines) is 1. The van der Waals surface area contributed by atoms with Gasteiger partial charge in [-0.15, -0.1) is 0 Å². The van der Waals surface area contributed by atoms with Crippen LogP contribution in [0, 0.1) is 5.92 Å². The second-order valence-corrected chi connectivity index (χ2v) is 6.77. The van der Waals surface area contributed by atoms with Crippen LogP contribution in [0.5, 0.6) is 0 Å². The molecule has 0 radical (unpaired) electrons. The molecule has 3 rings (SSSR count). The number of halogens is 1. The van der Waals surface area contributed by atoms with Crippen molar-refractivity contribution in [2.75, 3.05) is 6.54 Å². The molecule has 2 aliphatic rings. The van der Waals surface area contributed by atoms with E-state index in [9.17, 15) is 0 Å². The molecule has 1 saturated carbocycles. The molecular weight excluding hydrogens is 286 g/mol. The topological polar surface area (TPSA) is 3.24 Å². The van der Waals surface area contributed by atoms with Crippen LogP contribution in [0.3, 0.4) is 0 Å². The molecule has 1 saturated heterocycles. The van der Waals surface area contributed by atoms with Crippen LogP contribution in [0.2, 0.25) is 0 Å². The van der Waals surface area contributed by atoms with E-state index in [2.05, 4.69) is 45.1 Å². The molecule has 1 aromatic rings. The molecule has 0 spiro atoms. The van der Waals surface area contributed by atoms with Crippen molar-refractivity contribution in [2.24, 2.45) is 5.92 Å². The van der Waals surface area contributed by atoms with E-state index in [4.69, 9.17) is 0 Å². The normalized spacial score (nSPS) is 25.9. The molecule has 1 aliphatic carbocycles. The van der Waals surface area contributed by atoms with Crippen LogP contribution in [0.25, 0.3) is 0 Å². The van der Waals surface area contributed by atoms with Gasteiger partial charge in [-0.25, -0.2) is 0 Å². The highest BCUT2D eigenvalue weighted by atomic mass is 79.9. The van der Waals surface area contributed by atoms with Gasteiger partial charge < -0.3 is 0 Å². The zero-order chi connectivity index (χ0) is 12.4. The van der Waals surface area contributed by atoms with Gasteiger partial charge >= 0.3 is 0 Å². The number of rotatable bonds is 3. The lowest BCUT2D eigenvalue weighted by molar-refractivity contribution is 0.183. The lowest BCUT2D eigenvalue weighted by atomic mass is 9.96. The van der Waals surface area contributed by atoms with E-state index >= 15 is 0 Å². The third-order valence-corrected chi connectivity index (χ3v) is 5.13. The fourth-order valence-electron chi connectivity index (χ4n) is 3.79. The van der Waals surface area contributed by atoms with Gasteiger partial charge in [-0.2, -0.15) is 0 Å². The summed E-state index contributed by atoms with van der Waals surface area (Å²) in [5.41, 5.74) is 1.45. The third kappa shape index (κ3) is 2.80. The number of benzene rings is 1. The fourth-order valence-corrected chi connectivity index (χ4v) is 4.24. The van der Waals surface area contributed by atoms with Crippen molar-refractivity contribution in [1.82, 2.24) is 4.90 Å². The van der Waals surface area contributed by atoms with Crippen molar-refractivity contribution >= 4 is 15.9 Å². The Morgan fingerprint density at radius 3 is 2.72 bits per heavy atom. The Morgan fingerprint density at radius 1 is 1.11 bits per heavy atom. The summed E-state index contributed by atoms with van der Waals surface area (Å²) in [4.78, 5) is 2.73. The molecule has 1 heterocycles. The van der Waals surface area contributed by atoms with Crippen molar-refractivity contribution < 1.29 is 0 Å². The maximum atomic E-state index is 3.57. The van der Waals surface area contributed by atoms with Crippen molar-refractivity contribution in [2.45, 2.75) is 51.1 Å². The van der Waals surface area contributed by atoms with E-state index in [0.717, 1.165) is 18.5 Å². The summed E-state index contributed by atoms with van der Waals surface area (Å²) in [5.74, 6) is 0.986. The van der Waals surface area contributed by atoms with Gasteiger partial charge in [0.2, 0.25) is 0 Å². The van der Waals surface area contributed by atoms with Crippen LogP contribution in [-0.2, 0) is 6.54 Å². The maximum absolute atomic E-state index is 3.57. The van der Waals surface area contributed by atoms with Gasteiger partial charge in [0.1, 0.15) is 0 Å². The van der Waals surface area contributed by atoms with Crippen LogP contribution >= 0.6 is 15.9 Å². The van der Waals surface area contributed by atoms with Crippen LogP contribution in [0.15, 0.2) is 28.7 Å². The molecule has 1 atom stereocenters. The molecule has 2 heteroatoms. The first-order chi connectivity index (χ1) is 8.83. The van der Waals surface area contributed by atoms with Crippen LogP contribution in [-0.4, -0.2) is 17.5 Å². The summed E-state index contributed by atoms with van der Waals surface area (Å²) in [6.07, 6.45) is 8.70. The summed E-state index contributed by atoms with van der Waals surface area (Å²) >= 11 is 3.57. The first-order valence-corrected chi connectivity index (χ1v) is 8.11. The summed E-state index contributed by atoms with van der Waals surface area (Å²) in [7, 11) is 0. The van der Waals surface area contributed by atoms with E-state index in [1.807, 2.05) is 0 Å². The highest BCUT2D eigenvalue weighted by molar-refractivity contribution is 9.10. The SMILES string of the molecule is Brc1cccc(CN2CCCC2C2CCCC2)c1. The second-order valence-electron chi connectivity index (χ2n) is 5.85. The Labute approximate surface area is 119 Å². The highest BCUT2D eigenvalue weighted by Gasteiger charge is 2.32. The maximum Gasteiger partial charge on any atom is 0.0237 e. The molecule has 1 aromatic carbocycles. The average molecular weight is 308 g/mol. The molecule has 0 aromatic heterocycles.